The van der Waals surface area contributed by atoms with Crippen LogP contribution in [0.5, 0.6) is 0 Å². The number of amides is 1. The molecule has 0 fully saturated rings. The van der Waals surface area contributed by atoms with Gasteiger partial charge in [0.1, 0.15) is 11.6 Å². The van der Waals surface area contributed by atoms with E-state index in [1.54, 1.807) is 43.3 Å². The molecule has 162 valence electrons. The molecule has 1 aromatic heterocycles. The fourth-order valence-corrected chi connectivity index (χ4v) is 3.46. The van der Waals surface area contributed by atoms with Crippen molar-refractivity contribution in [2.24, 2.45) is 0 Å². The summed E-state index contributed by atoms with van der Waals surface area (Å²) in [6.45, 7) is 7.87. The van der Waals surface area contributed by atoms with Crippen molar-refractivity contribution in [3.8, 4) is 11.8 Å². The summed E-state index contributed by atoms with van der Waals surface area (Å²) in [6, 6.07) is 18.4. The molecule has 0 saturated carbocycles. The lowest BCUT2D eigenvalue weighted by atomic mass is 10.1. The van der Waals surface area contributed by atoms with E-state index in [0.717, 1.165) is 28.2 Å². The first-order valence-electron chi connectivity index (χ1n) is 10.3. The van der Waals surface area contributed by atoms with Gasteiger partial charge in [-0.25, -0.2) is 4.79 Å². The van der Waals surface area contributed by atoms with E-state index in [1.807, 2.05) is 55.7 Å². The van der Waals surface area contributed by atoms with E-state index in [1.165, 1.54) is 0 Å². The van der Waals surface area contributed by atoms with Gasteiger partial charge in [0.05, 0.1) is 12.2 Å². The van der Waals surface area contributed by atoms with E-state index in [4.69, 9.17) is 4.74 Å². The van der Waals surface area contributed by atoms with Crippen molar-refractivity contribution < 1.29 is 14.3 Å². The van der Waals surface area contributed by atoms with Gasteiger partial charge in [-0.15, -0.1) is 0 Å². The number of carbonyl (C=O) groups is 2. The van der Waals surface area contributed by atoms with Gasteiger partial charge < -0.3 is 14.6 Å². The van der Waals surface area contributed by atoms with Crippen molar-refractivity contribution >= 4 is 23.6 Å². The molecule has 6 heteroatoms. The number of hydrogen-bond acceptors (Lipinski definition) is 4. The summed E-state index contributed by atoms with van der Waals surface area (Å²) in [5.74, 6) is -0.845. The van der Waals surface area contributed by atoms with Crippen LogP contribution < -0.4 is 5.32 Å². The largest absolute Gasteiger partial charge is 0.462 e. The second kappa shape index (κ2) is 9.80. The minimum atomic E-state index is -0.467. The SMILES string of the molecule is CCOC(=O)c1cccc(-n2c(C)cc(/C=C(/C#N)C(=O)Nc3ccc(C)cc3)c2C)c1. The van der Waals surface area contributed by atoms with Gasteiger partial charge in [0, 0.05) is 22.8 Å². The number of rotatable bonds is 6. The first kappa shape index (κ1) is 22.6. The fraction of sp³-hybridized carbons (Fsp3) is 0.192. The number of hydrogen-bond donors (Lipinski definition) is 1. The first-order chi connectivity index (χ1) is 15.3. The predicted molar refractivity (Wildman–Crippen MR) is 125 cm³/mol. The Morgan fingerprint density at radius 1 is 1.09 bits per heavy atom. The van der Waals surface area contributed by atoms with Crippen molar-refractivity contribution in [1.82, 2.24) is 4.57 Å². The lowest BCUT2D eigenvalue weighted by Crippen LogP contribution is -2.13. The molecule has 6 nitrogen and oxygen atoms in total. The number of aryl methyl sites for hydroxylation is 2. The lowest BCUT2D eigenvalue weighted by Gasteiger charge is -2.11. The maximum absolute atomic E-state index is 12.6. The van der Waals surface area contributed by atoms with Gasteiger partial charge >= 0.3 is 5.97 Å². The van der Waals surface area contributed by atoms with Crippen LogP contribution in [0.1, 0.15) is 39.8 Å². The van der Waals surface area contributed by atoms with Crippen molar-refractivity contribution in [1.29, 1.82) is 5.26 Å². The van der Waals surface area contributed by atoms with Gasteiger partial charge in [-0.05, 0) is 75.7 Å². The molecule has 1 amide bonds. The van der Waals surface area contributed by atoms with Crippen LogP contribution in [0.25, 0.3) is 11.8 Å². The van der Waals surface area contributed by atoms with Crippen LogP contribution in [0.3, 0.4) is 0 Å². The summed E-state index contributed by atoms with van der Waals surface area (Å²) in [5, 5.41) is 12.3. The number of nitrogens with zero attached hydrogens (tertiary/aromatic N) is 2. The molecule has 1 heterocycles. The molecule has 0 spiro atoms. The van der Waals surface area contributed by atoms with Gasteiger partial charge in [0.2, 0.25) is 0 Å². The number of nitriles is 1. The second-order valence-electron chi connectivity index (χ2n) is 7.42. The average molecular weight is 428 g/mol. The van der Waals surface area contributed by atoms with Gasteiger partial charge in [-0.3, -0.25) is 4.79 Å². The summed E-state index contributed by atoms with van der Waals surface area (Å²) in [4.78, 5) is 24.7. The highest BCUT2D eigenvalue weighted by molar-refractivity contribution is 6.09. The molecular weight excluding hydrogens is 402 g/mol. The van der Waals surface area contributed by atoms with Gasteiger partial charge in [0.25, 0.3) is 5.91 Å². The fourth-order valence-electron chi connectivity index (χ4n) is 3.46. The van der Waals surface area contributed by atoms with Crippen LogP contribution >= 0.6 is 0 Å². The molecule has 1 N–H and O–H groups in total. The van der Waals surface area contributed by atoms with E-state index in [2.05, 4.69) is 5.32 Å². The number of carbonyl (C=O) groups excluding carboxylic acids is 2. The molecule has 0 unspecified atom stereocenters. The minimum Gasteiger partial charge on any atom is -0.462 e. The predicted octanol–water partition coefficient (Wildman–Crippen LogP) is 5.12. The summed E-state index contributed by atoms with van der Waals surface area (Å²) in [5.41, 5.74) is 5.48. The Morgan fingerprint density at radius 2 is 1.81 bits per heavy atom. The molecule has 0 aliphatic carbocycles. The minimum absolute atomic E-state index is 0.00565. The van der Waals surface area contributed by atoms with E-state index in [9.17, 15) is 14.9 Å². The summed E-state index contributed by atoms with van der Waals surface area (Å²) >= 11 is 0. The monoisotopic (exact) mass is 427 g/mol. The molecule has 0 saturated heterocycles. The molecule has 32 heavy (non-hydrogen) atoms. The molecule has 0 aliphatic heterocycles. The number of aromatic nitrogens is 1. The van der Waals surface area contributed by atoms with E-state index in [0.29, 0.717) is 17.9 Å². The quantitative estimate of drug-likeness (QED) is 0.336. The van der Waals surface area contributed by atoms with Crippen LogP contribution in [0.2, 0.25) is 0 Å². The molecule has 3 aromatic rings. The number of nitrogens with one attached hydrogen (secondary N) is 1. The molecule has 0 aliphatic rings. The van der Waals surface area contributed by atoms with E-state index >= 15 is 0 Å². The molecule has 0 radical (unpaired) electrons. The van der Waals surface area contributed by atoms with Crippen LogP contribution in [-0.2, 0) is 9.53 Å². The highest BCUT2D eigenvalue weighted by atomic mass is 16.5. The second-order valence-corrected chi connectivity index (χ2v) is 7.42. The molecule has 0 atom stereocenters. The van der Waals surface area contributed by atoms with Crippen molar-refractivity contribution in [2.45, 2.75) is 27.7 Å². The highest BCUT2D eigenvalue weighted by Gasteiger charge is 2.15. The Hall–Kier alpha value is -4.11. The van der Waals surface area contributed by atoms with Crippen molar-refractivity contribution in [3.63, 3.8) is 0 Å². The highest BCUT2D eigenvalue weighted by Crippen LogP contribution is 2.24. The molecular formula is C26H25N3O3. The number of anilines is 1. The maximum atomic E-state index is 12.6. The Bertz CT molecular complexity index is 1230. The summed E-state index contributed by atoms with van der Waals surface area (Å²) in [6.07, 6.45) is 1.58. The zero-order valence-electron chi connectivity index (χ0n) is 18.6. The lowest BCUT2D eigenvalue weighted by molar-refractivity contribution is -0.112. The van der Waals surface area contributed by atoms with Crippen LogP contribution in [0.15, 0.2) is 60.2 Å². The zero-order chi connectivity index (χ0) is 23.3. The number of benzene rings is 2. The van der Waals surface area contributed by atoms with Gasteiger partial charge in [-0.1, -0.05) is 23.8 Å². The third-order valence-corrected chi connectivity index (χ3v) is 5.06. The Labute approximate surface area is 187 Å². The van der Waals surface area contributed by atoms with Crippen LogP contribution in [0.4, 0.5) is 5.69 Å². The standard InChI is InChI=1S/C26H25N3O3/c1-5-32-26(31)20-7-6-8-24(15-20)29-18(3)13-21(19(29)4)14-22(16-27)25(30)28-23-11-9-17(2)10-12-23/h6-15H,5H2,1-4H3,(H,28,30)/b22-14-. The Balaban J connectivity index is 1.92. The topological polar surface area (TPSA) is 84.1 Å². The van der Waals surface area contributed by atoms with Gasteiger partial charge in [-0.2, -0.15) is 5.26 Å². The van der Waals surface area contributed by atoms with Crippen LogP contribution in [0, 0.1) is 32.1 Å². The summed E-state index contributed by atoms with van der Waals surface area (Å²) in [7, 11) is 0. The average Bonchev–Trinajstić information content (AvgIpc) is 3.06. The maximum Gasteiger partial charge on any atom is 0.338 e. The smallest absolute Gasteiger partial charge is 0.338 e. The van der Waals surface area contributed by atoms with E-state index < -0.39 is 5.91 Å². The Morgan fingerprint density at radius 3 is 2.47 bits per heavy atom. The molecule has 3 rings (SSSR count). The van der Waals surface area contributed by atoms with Crippen molar-refractivity contribution in [3.05, 3.63) is 88.2 Å². The zero-order valence-corrected chi connectivity index (χ0v) is 18.6. The molecule has 0 bridgehead atoms. The first-order valence-corrected chi connectivity index (χ1v) is 10.3. The Kier molecular flexibility index (Phi) is 6.91. The third kappa shape index (κ3) is 4.96. The number of esters is 1. The van der Waals surface area contributed by atoms with Crippen LogP contribution in [-0.4, -0.2) is 23.1 Å². The normalized spacial score (nSPS) is 11.0. The number of ether oxygens (including phenoxy) is 1. The van der Waals surface area contributed by atoms with E-state index in [-0.39, 0.29) is 11.5 Å². The molecule has 2 aromatic carbocycles. The summed E-state index contributed by atoms with van der Waals surface area (Å²) < 4.78 is 7.07. The van der Waals surface area contributed by atoms with Gasteiger partial charge in [0.15, 0.2) is 0 Å². The van der Waals surface area contributed by atoms with Crippen molar-refractivity contribution in [2.75, 3.05) is 11.9 Å². The third-order valence-electron chi connectivity index (χ3n) is 5.06.